The molecule has 0 atom stereocenters. The van der Waals surface area contributed by atoms with E-state index in [0.29, 0.717) is 22.8 Å². The van der Waals surface area contributed by atoms with E-state index in [0.717, 1.165) is 26.9 Å². The van der Waals surface area contributed by atoms with Gasteiger partial charge in [0.2, 0.25) is 0 Å². The number of ether oxygens (including phenoxy) is 2. The number of amides is 1. The zero-order chi connectivity index (χ0) is 20.3. The number of carbonyl (C=O) groups excluding carboxylic acids is 1. The van der Waals surface area contributed by atoms with Crippen molar-refractivity contribution in [2.75, 3.05) is 14.2 Å². The van der Waals surface area contributed by atoms with Crippen LogP contribution in [0.25, 0.3) is 10.2 Å². The van der Waals surface area contributed by atoms with Gasteiger partial charge in [-0.1, -0.05) is 29.4 Å². The third kappa shape index (κ3) is 3.95. The predicted molar refractivity (Wildman–Crippen MR) is 112 cm³/mol. The summed E-state index contributed by atoms with van der Waals surface area (Å²) < 4.78 is 13.6. The molecule has 1 heterocycles. The average molecular weight is 394 g/mol. The highest BCUT2D eigenvalue weighted by Gasteiger charge is 2.12. The molecule has 3 aromatic rings. The van der Waals surface area contributed by atoms with E-state index in [1.54, 1.807) is 26.4 Å². The van der Waals surface area contributed by atoms with Gasteiger partial charge in [-0.25, -0.2) is 0 Å². The van der Waals surface area contributed by atoms with Crippen molar-refractivity contribution in [2.45, 2.75) is 26.8 Å². The summed E-state index contributed by atoms with van der Waals surface area (Å²) in [5.41, 5.74) is 4.06. The van der Waals surface area contributed by atoms with Gasteiger partial charge >= 0.3 is 0 Å². The van der Waals surface area contributed by atoms with E-state index >= 15 is 0 Å². The molecular weight excluding hydrogens is 372 g/mol. The van der Waals surface area contributed by atoms with Gasteiger partial charge in [-0.15, -0.1) is 6.42 Å². The number of terminal acetylenes is 1. The molecule has 0 aliphatic carbocycles. The molecule has 0 fully saturated rings. The maximum absolute atomic E-state index is 12.7. The van der Waals surface area contributed by atoms with E-state index in [2.05, 4.69) is 30.0 Å². The van der Waals surface area contributed by atoms with Gasteiger partial charge in [-0.05, 0) is 37.1 Å². The molecular formula is C22H22N2O3S. The predicted octanol–water partition coefficient (Wildman–Crippen LogP) is 3.64. The van der Waals surface area contributed by atoms with Crippen molar-refractivity contribution in [1.82, 2.24) is 4.57 Å². The largest absolute Gasteiger partial charge is 0.497 e. The Morgan fingerprint density at radius 1 is 1.21 bits per heavy atom. The monoisotopic (exact) mass is 394 g/mol. The van der Waals surface area contributed by atoms with Crippen LogP contribution in [0.3, 0.4) is 0 Å². The molecule has 1 amide bonds. The van der Waals surface area contributed by atoms with Crippen molar-refractivity contribution >= 4 is 27.5 Å². The third-order valence-electron chi connectivity index (χ3n) is 4.42. The number of aryl methyl sites for hydroxylation is 2. The molecule has 3 rings (SSSR count). The van der Waals surface area contributed by atoms with Gasteiger partial charge in [0, 0.05) is 11.6 Å². The van der Waals surface area contributed by atoms with Crippen LogP contribution >= 0.6 is 11.3 Å². The van der Waals surface area contributed by atoms with Crippen LogP contribution in [0, 0.1) is 26.2 Å². The SMILES string of the molecule is C#CCn1c(=NC(=O)Cc2ccc(OC)cc2OC)sc2c(C)cc(C)cc21. The van der Waals surface area contributed by atoms with Gasteiger partial charge in [0.15, 0.2) is 4.80 Å². The van der Waals surface area contributed by atoms with Crippen molar-refractivity contribution in [3.63, 3.8) is 0 Å². The van der Waals surface area contributed by atoms with Crippen LogP contribution < -0.4 is 14.3 Å². The molecule has 1 aromatic heterocycles. The first-order valence-corrected chi connectivity index (χ1v) is 9.61. The molecule has 0 saturated heterocycles. The van der Waals surface area contributed by atoms with Crippen molar-refractivity contribution < 1.29 is 14.3 Å². The summed E-state index contributed by atoms with van der Waals surface area (Å²) in [6.07, 6.45) is 5.69. The Morgan fingerprint density at radius 3 is 2.68 bits per heavy atom. The number of hydrogen-bond donors (Lipinski definition) is 0. The van der Waals surface area contributed by atoms with Crippen LogP contribution in [0.2, 0.25) is 0 Å². The Kier molecular flexibility index (Phi) is 5.86. The number of hydrogen-bond acceptors (Lipinski definition) is 4. The van der Waals surface area contributed by atoms with Crippen LogP contribution in [0.15, 0.2) is 35.3 Å². The minimum absolute atomic E-state index is 0.134. The summed E-state index contributed by atoms with van der Waals surface area (Å²) in [7, 11) is 3.15. The molecule has 5 nitrogen and oxygen atoms in total. The molecule has 0 bridgehead atoms. The first-order chi connectivity index (χ1) is 13.5. The van der Waals surface area contributed by atoms with Crippen molar-refractivity contribution in [1.29, 1.82) is 0 Å². The molecule has 0 spiro atoms. The summed E-state index contributed by atoms with van der Waals surface area (Å²) >= 11 is 1.48. The van der Waals surface area contributed by atoms with Gasteiger partial charge in [-0.2, -0.15) is 4.99 Å². The van der Waals surface area contributed by atoms with Crippen molar-refractivity contribution in [2.24, 2.45) is 4.99 Å². The summed E-state index contributed by atoms with van der Waals surface area (Å²) in [4.78, 5) is 17.6. The van der Waals surface area contributed by atoms with Crippen LogP contribution in [-0.4, -0.2) is 24.7 Å². The molecule has 0 saturated carbocycles. The van der Waals surface area contributed by atoms with Gasteiger partial charge in [0.25, 0.3) is 5.91 Å². The second-order valence-corrected chi connectivity index (χ2v) is 7.44. The molecule has 0 aliphatic heterocycles. The standard InChI is InChI=1S/C22H22N2O3S/c1-6-9-24-18-11-14(2)10-15(3)21(18)28-22(24)23-20(25)12-16-7-8-17(26-4)13-19(16)27-5/h1,7-8,10-11,13H,9,12H2,2-5H3. The lowest BCUT2D eigenvalue weighted by Crippen LogP contribution is -2.17. The first-order valence-electron chi connectivity index (χ1n) is 8.79. The summed E-state index contributed by atoms with van der Waals surface area (Å²) in [6.45, 7) is 4.46. The van der Waals surface area contributed by atoms with E-state index in [4.69, 9.17) is 15.9 Å². The molecule has 28 heavy (non-hydrogen) atoms. The number of thiazole rings is 1. The van der Waals surface area contributed by atoms with E-state index in [1.807, 2.05) is 17.6 Å². The number of fused-ring (bicyclic) bond motifs is 1. The molecule has 0 aliphatic rings. The molecule has 0 radical (unpaired) electrons. The Balaban J connectivity index is 2.03. The minimum Gasteiger partial charge on any atom is -0.497 e. The van der Waals surface area contributed by atoms with Crippen LogP contribution in [0.4, 0.5) is 0 Å². The summed E-state index contributed by atoms with van der Waals surface area (Å²) in [6, 6.07) is 9.57. The van der Waals surface area contributed by atoms with Crippen LogP contribution in [-0.2, 0) is 17.8 Å². The van der Waals surface area contributed by atoms with Crippen LogP contribution in [0.5, 0.6) is 11.5 Å². The number of nitrogens with zero attached hydrogens (tertiary/aromatic N) is 2. The minimum atomic E-state index is -0.254. The van der Waals surface area contributed by atoms with E-state index < -0.39 is 0 Å². The molecule has 2 aromatic carbocycles. The van der Waals surface area contributed by atoms with Gasteiger partial charge in [-0.3, -0.25) is 4.79 Å². The number of methoxy groups -OCH3 is 2. The summed E-state index contributed by atoms with van der Waals surface area (Å²) in [5.74, 6) is 3.68. The van der Waals surface area contributed by atoms with E-state index in [-0.39, 0.29) is 12.3 Å². The van der Waals surface area contributed by atoms with Gasteiger partial charge in [0.1, 0.15) is 11.5 Å². The Labute approximate surface area is 168 Å². The van der Waals surface area contributed by atoms with E-state index in [1.165, 1.54) is 11.3 Å². The lowest BCUT2D eigenvalue weighted by atomic mass is 10.1. The fourth-order valence-corrected chi connectivity index (χ4v) is 4.25. The highest BCUT2D eigenvalue weighted by molar-refractivity contribution is 7.16. The normalized spacial score (nSPS) is 11.5. The second-order valence-electron chi connectivity index (χ2n) is 6.47. The Hall–Kier alpha value is -3.04. The van der Waals surface area contributed by atoms with Crippen molar-refractivity contribution in [3.8, 4) is 23.8 Å². The quantitative estimate of drug-likeness (QED) is 0.621. The maximum Gasteiger partial charge on any atom is 0.252 e. The fraction of sp³-hybridized carbons (Fsp3) is 0.273. The first kappa shape index (κ1) is 19.7. The Morgan fingerprint density at radius 2 is 2.00 bits per heavy atom. The maximum atomic E-state index is 12.7. The number of rotatable bonds is 5. The van der Waals surface area contributed by atoms with Gasteiger partial charge < -0.3 is 14.0 Å². The third-order valence-corrected chi connectivity index (χ3v) is 5.65. The average Bonchev–Trinajstić information content (AvgIpc) is 3.00. The highest BCUT2D eigenvalue weighted by atomic mass is 32.1. The lowest BCUT2D eigenvalue weighted by Gasteiger charge is -2.08. The second kappa shape index (κ2) is 8.32. The van der Waals surface area contributed by atoms with Crippen LogP contribution in [0.1, 0.15) is 16.7 Å². The molecule has 0 unspecified atom stereocenters. The Bertz CT molecular complexity index is 1150. The summed E-state index contributed by atoms with van der Waals surface area (Å²) in [5, 5.41) is 0. The lowest BCUT2D eigenvalue weighted by molar-refractivity contribution is -0.117. The zero-order valence-electron chi connectivity index (χ0n) is 16.4. The number of aromatic nitrogens is 1. The number of benzene rings is 2. The molecule has 6 heteroatoms. The zero-order valence-corrected chi connectivity index (χ0v) is 17.2. The fourth-order valence-electron chi connectivity index (χ4n) is 3.15. The van der Waals surface area contributed by atoms with Crippen molar-refractivity contribution in [3.05, 3.63) is 51.8 Å². The number of carbonyl (C=O) groups is 1. The smallest absolute Gasteiger partial charge is 0.252 e. The van der Waals surface area contributed by atoms with Gasteiger partial charge in [0.05, 0.1) is 37.4 Å². The highest BCUT2D eigenvalue weighted by Crippen LogP contribution is 2.26. The topological polar surface area (TPSA) is 52.8 Å². The molecule has 0 N–H and O–H groups in total. The molecule has 144 valence electrons. The van der Waals surface area contributed by atoms with E-state index in [9.17, 15) is 4.79 Å².